The van der Waals surface area contributed by atoms with E-state index >= 15 is 0 Å². The van der Waals surface area contributed by atoms with Crippen molar-refractivity contribution in [3.05, 3.63) is 48.8 Å². The van der Waals surface area contributed by atoms with Crippen LogP contribution in [0.1, 0.15) is 6.42 Å². The van der Waals surface area contributed by atoms with Gasteiger partial charge in [0.05, 0.1) is 25.3 Å². The molecule has 7 heteroatoms. The number of hydrogen-bond donors (Lipinski definition) is 1. The van der Waals surface area contributed by atoms with E-state index in [4.69, 9.17) is 9.47 Å². The lowest BCUT2D eigenvalue weighted by Gasteiger charge is -2.27. The standard InChI is InChI=1S/C23H24N4O3/c28-23-10-16(13-26-23)15-30-21-12-18(11-20-19(21)2-1-5-24-20)17-3-4-22(25-14-17)27-6-8-29-9-7-27/h1-5,11-12,14,16H,6-10,13,15H2,(H,26,28). The molecule has 0 saturated carbocycles. The van der Waals surface area contributed by atoms with E-state index in [-0.39, 0.29) is 11.8 Å². The number of nitrogens with one attached hydrogen (secondary N) is 1. The van der Waals surface area contributed by atoms with Gasteiger partial charge in [0.25, 0.3) is 0 Å². The fourth-order valence-corrected chi connectivity index (χ4v) is 3.96. The van der Waals surface area contributed by atoms with Gasteiger partial charge in [-0.25, -0.2) is 4.98 Å². The number of hydrogen-bond acceptors (Lipinski definition) is 6. The van der Waals surface area contributed by atoms with Gasteiger partial charge in [-0.1, -0.05) is 0 Å². The first-order chi connectivity index (χ1) is 14.8. The van der Waals surface area contributed by atoms with Crippen molar-refractivity contribution in [1.29, 1.82) is 0 Å². The van der Waals surface area contributed by atoms with E-state index in [9.17, 15) is 4.79 Å². The Morgan fingerprint density at radius 1 is 1.13 bits per heavy atom. The van der Waals surface area contributed by atoms with Crippen LogP contribution < -0.4 is 15.0 Å². The molecule has 1 amide bonds. The summed E-state index contributed by atoms with van der Waals surface area (Å²) in [5.41, 5.74) is 2.91. The number of morpholine rings is 1. The first-order valence-corrected chi connectivity index (χ1v) is 10.3. The number of fused-ring (bicyclic) bond motifs is 1. The topological polar surface area (TPSA) is 76.6 Å². The maximum absolute atomic E-state index is 11.5. The number of anilines is 1. The highest BCUT2D eigenvalue weighted by Crippen LogP contribution is 2.32. The molecule has 3 aromatic rings. The molecule has 4 heterocycles. The number of carbonyl (C=O) groups is 1. The lowest BCUT2D eigenvalue weighted by Crippen LogP contribution is -2.36. The highest BCUT2D eigenvalue weighted by molar-refractivity contribution is 5.90. The molecule has 5 rings (SSSR count). The normalized spacial score (nSPS) is 19.1. The first kappa shape index (κ1) is 18.8. The molecule has 1 atom stereocenters. The van der Waals surface area contributed by atoms with Gasteiger partial charge in [0.15, 0.2) is 0 Å². The summed E-state index contributed by atoms with van der Waals surface area (Å²) in [7, 11) is 0. The van der Waals surface area contributed by atoms with Crippen molar-refractivity contribution in [3.63, 3.8) is 0 Å². The fourth-order valence-electron chi connectivity index (χ4n) is 3.96. The molecule has 2 aliphatic heterocycles. The molecular weight excluding hydrogens is 380 g/mol. The highest BCUT2D eigenvalue weighted by Gasteiger charge is 2.22. The summed E-state index contributed by atoms with van der Waals surface area (Å²) in [6.07, 6.45) is 4.20. The summed E-state index contributed by atoms with van der Waals surface area (Å²) in [6.45, 7) is 4.37. The number of aromatic nitrogens is 2. The average molecular weight is 404 g/mol. The van der Waals surface area contributed by atoms with Gasteiger partial charge in [0, 0.05) is 55.3 Å². The van der Waals surface area contributed by atoms with Crippen LogP contribution in [0.5, 0.6) is 5.75 Å². The Hall–Kier alpha value is -3.19. The molecule has 1 N–H and O–H groups in total. The molecule has 2 saturated heterocycles. The monoisotopic (exact) mass is 404 g/mol. The van der Waals surface area contributed by atoms with Crippen LogP contribution in [0.4, 0.5) is 5.82 Å². The number of rotatable bonds is 5. The van der Waals surface area contributed by atoms with E-state index in [0.29, 0.717) is 19.6 Å². The van der Waals surface area contributed by atoms with Crippen LogP contribution in [-0.4, -0.2) is 55.3 Å². The van der Waals surface area contributed by atoms with E-state index < -0.39 is 0 Å². The molecule has 2 fully saturated rings. The zero-order chi connectivity index (χ0) is 20.3. The predicted molar refractivity (Wildman–Crippen MR) is 115 cm³/mol. The minimum absolute atomic E-state index is 0.0929. The summed E-state index contributed by atoms with van der Waals surface area (Å²) in [4.78, 5) is 22.9. The summed E-state index contributed by atoms with van der Waals surface area (Å²) < 4.78 is 11.6. The smallest absolute Gasteiger partial charge is 0.220 e. The molecular formula is C23H24N4O3. The third-order valence-electron chi connectivity index (χ3n) is 5.64. The first-order valence-electron chi connectivity index (χ1n) is 10.3. The molecule has 154 valence electrons. The van der Waals surface area contributed by atoms with Crippen LogP contribution in [0, 0.1) is 5.92 Å². The minimum atomic E-state index is 0.0929. The Balaban J connectivity index is 1.41. The number of pyridine rings is 2. The molecule has 1 aromatic carbocycles. The largest absolute Gasteiger partial charge is 0.492 e. The molecule has 0 aliphatic carbocycles. The Bertz CT molecular complexity index is 1050. The summed E-state index contributed by atoms with van der Waals surface area (Å²) in [5.74, 6) is 2.04. The SMILES string of the molecule is O=C1CC(COc2cc(-c3ccc(N4CCOCC4)nc3)cc3ncccc23)CN1. The summed E-state index contributed by atoms with van der Waals surface area (Å²) >= 11 is 0. The second-order valence-electron chi connectivity index (χ2n) is 7.73. The fraction of sp³-hybridized carbons (Fsp3) is 0.348. The number of amides is 1. The van der Waals surface area contributed by atoms with Crippen molar-refractivity contribution in [2.75, 3.05) is 44.4 Å². The maximum atomic E-state index is 11.5. The van der Waals surface area contributed by atoms with Gasteiger partial charge in [0.1, 0.15) is 11.6 Å². The molecule has 0 bridgehead atoms. The van der Waals surface area contributed by atoms with Crippen LogP contribution in [0.25, 0.3) is 22.0 Å². The van der Waals surface area contributed by atoms with Crippen LogP contribution in [-0.2, 0) is 9.53 Å². The number of ether oxygens (including phenoxy) is 2. The Morgan fingerprint density at radius 2 is 2.03 bits per heavy atom. The third kappa shape index (κ3) is 3.93. The van der Waals surface area contributed by atoms with Gasteiger partial charge in [-0.15, -0.1) is 0 Å². The molecule has 0 radical (unpaired) electrons. The Kier molecular flexibility index (Phi) is 5.19. The summed E-state index contributed by atoms with van der Waals surface area (Å²) in [6, 6.07) is 12.2. The zero-order valence-electron chi connectivity index (χ0n) is 16.7. The van der Waals surface area contributed by atoms with E-state index in [1.54, 1.807) is 6.20 Å². The Labute approximate surface area is 175 Å². The lowest BCUT2D eigenvalue weighted by molar-refractivity contribution is -0.119. The van der Waals surface area contributed by atoms with Crippen molar-refractivity contribution in [2.24, 2.45) is 5.92 Å². The summed E-state index contributed by atoms with van der Waals surface area (Å²) in [5, 5.41) is 3.83. The van der Waals surface area contributed by atoms with E-state index in [1.807, 2.05) is 24.4 Å². The molecule has 30 heavy (non-hydrogen) atoms. The van der Waals surface area contributed by atoms with Crippen molar-refractivity contribution < 1.29 is 14.3 Å². The molecule has 0 spiro atoms. The van der Waals surface area contributed by atoms with Crippen molar-refractivity contribution in [3.8, 4) is 16.9 Å². The predicted octanol–water partition coefficient (Wildman–Crippen LogP) is 2.65. The molecule has 2 aromatic heterocycles. The van der Waals surface area contributed by atoms with Crippen LogP contribution in [0.3, 0.4) is 0 Å². The second-order valence-corrected chi connectivity index (χ2v) is 7.73. The van der Waals surface area contributed by atoms with E-state index in [0.717, 1.165) is 59.9 Å². The molecule has 1 unspecified atom stereocenters. The molecule has 2 aliphatic rings. The van der Waals surface area contributed by atoms with Crippen LogP contribution in [0.2, 0.25) is 0 Å². The maximum Gasteiger partial charge on any atom is 0.220 e. The highest BCUT2D eigenvalue weighted by atomic mass is 16.5. The number of carbonyl (C=O) groups excluding carboxylic acids is 1. The second kappa shape index (κ2) is 8.28. The van der Waals surface area contributed by atoms with Crippen LogP contribution >= 0.6 is 0 Å². The van der Waals surface area contributed by atoms with E-state index in [1.165, 1.54) is 0 Å². The minimum Gasteiger partial charge on any atom is -0.492 e. The van der Waals surface area contributed by atoms with Gasteiger partial charge in [0.2, 0.25) is 5.91 Å². The van der Waals surface area contributed by atoms with Gasteiger partial charge in [-0.3, -0.25) is 9.78 Å². The molecule has 7 nitrogen and oxygen atoms in total. The zero-order valence-corrected chi connectivity index (χ0v) is 16.7. The van der Waals surface area contributed by atoms with Crippen molar-refractivity contribution in [1.82, 2.24) is 15.3 Å². The third-order valence-corrected chi connectivity index (χ3v) is 5.64. The van der Waals surface area contributed by atoms with Crippen LogP contribution in [0.15, 0.2) is 48.8 Å². The van der Waals surface area contributed by atoms with E-state index in [2.05, 4.69) is 38.4 Å². The quantitative estimate of drug-likeness (QED) is 0.705. The van der Waals surface area contributed by atoms with Crippen molar-refractivity contribution >= 4 is 22.6 Å². The van der Waals surface area contributed by atoms with Gasteiger partial charge < -0.3 is 19.7 Å². The lowest BCUT2D eigenvalue weighted by atomic mass is 10.0. The van der Waals surface area contributed by atoms with Gasteiger partial charge >= 0.3 is 0 Å². The van der Waals surface area contributed by atoms with Gasteiger partial charge in [-0.05, 0) is 42.0 Å². The Morgan fingerprint density at radius 3 is 2.80 bits per heavy atom. The van der Waals surface area contributed by atoms with Gasteiger partial charge in [-0.2, -0.15) is 0 Å². The average Bonchev–Trinajstić information content (AvgIpc) is 3.23. The number of benzene rings is 1. The number of nitrogens with zero attached hydrogens (tertiary/aromatic N) is 3. The van der Waals surface area contributed by atoms with Crippen molar-refractivity contribution in [2.45, 2.75) is 6.42 Å².